The van der Waals surface area contributed by atoms with E-state index < -0.39 is 0 Å². The van der Waals surface area contributed by atoms with Gasteiger partial charge in [-0.05, 0) is 18.1 Å². The Bertz CT molecular complexity index is 511. The zero-order chi connectivity index (χ0) is 10.1. The summed E-state index contributed by atoms with van der Waals surface area (Å²) in [6.07, 6.45) is 0. The number of fused-ring (bicyclic) bond motifs is 1. The lowest BCUT2D eigenvalue weighted by atomic mass is 10.1. The van der Waals surface area contributed by atoms with Crippen molar-refractivity contribution in [2.75, 3.05) is 0 Å². The lowest BCUT2D eigenvalue weighted by Gasteiger charge is -2.06. The van der Waals surface area contributed by atoms with E-state index in [1.165, 1.54) is 0 Å². The molecule has 2 nitrogen and oxygen atoms in total. The van der Waals surface area contributed by atoms with Gasteiger partial charge in [0.05, 0.1) is 0 Å². The van der Waals surface area contributed by atoms with E-state index in [1.54, 1.807) is 6.07 Å². The molecule has 0 radical (unpaired) electrons. The number of pyridine rings is 1. The Labute approximate surface area is 82.6 Å². The molecule has 0 aliphatic heterocycles. The molecule has 0 amide bonds. The maximum absolute atomic E-state index is 11.7. The Morgan fingerprint density at radius 3 is 2.64 bits per heavy atom. The van der Waals surface area contributed by atoms with Gasteiger partial charge >= 0.3 is 0 Å². The van der Waals surface area contributed by atoms with Crippen LogP contribution in [-0.2, 0) is 0 Å². The Morgan fingerprint density at radius 1 is 1.21 bits per heavy atom. The normalized spacial score (nSPS) is 11.1. The smallest absolute Gasteiger partial charge is 0.189 e. The Balaban J connectivity index is 2.79. The zero-order valence-corrected chi connectivity index (χ0v) is 8.37. The molecule has 0 saturated heterocycles. The van der Waals surface area contributed by atoms with Crippen LogP contribution in [0, 0.1) is 0 Å². The lowest BCUT2D eigenvalue weighted by Crippen LogP contribution is -2.05. The van der Waals surface area contributed by atoms with E-state index in [2.05, 4.69) is 18.8 Å². The maximum Gasteiger partial charge on any atom is 0.189 e. The molecule has 1 heterocycles. The first-order valence-electron chi connectivity index (χ1n) is 4.80. The molecule has 2 rings (SSSR count). The second kappa shape index (κ2) is 3.29. The molecule has 2 heteroatoms. The molecule has 2 aromatic rings. The number of aromatic nitrogens is 1. The number of rotatable bonds is 1. The van der Waals surface area contributed by atoms with Crippen molar-refractivity contribution in [2.45, 2.75) is 19.8 Å². The molecular formula is C12H13NO. The third-order valence-corrected chi connectivity index (χ3v) is 2.38. The van der Waals surface area contributed by atoms with Crippen molar-refractivity contribution in [2.24, 2.45) is 0 Å². The molecule has 0 fully saturated rings. The SMILES string of the molecule is CC(C)c1cc(=O)c2ccccc2[nH]1. The number of hydrogen-bond donors (Lipinski definition) is 1. The zero-order valence-electron chi connectivity index (χ0n) is 8.37. The van der Waals surface area contributed by atoms with Gasteiger partial charge in [-0.25, -0.2) is 0 Å². The summed E-state index contributed by atoms with van der Waals surface area (Å²) in [5.41, 5.74) is 2.01. The molecule has 14 heavy (non-hydrogen) atoms. The minimum Gasteiger partial charge on any atom is -0.358 e. The second-order valence-electron chi connectivity index (χ2n) is 3.79. The van der Waals surface area contributed by atoms with E-state index >= 15 is 0 Å². The number of para-hydroxylation sites is 1. The van der Waals surface area contributed by atoms with Crippen molar-refractivity contribution in [1.82, 2.24) is 4.98 Å². The first kappa shape index (κ1) is 9.00. The fourth-order valence-corrected chi connectivity index (χ4v) is 1.53. The van der Waals surface area contributed by atoms with Crippen molar-refractivity contribution in [3.05, 3.63) is 46.2 Å². The van der Waals surface area contributed by atoms with Gasteiger partial charge in [-0.2, -0.15) is 0 Å². The summed E-state index contributed by atoms with van der Waals surface area (Å²) < 4.78 is 0. The molecule has 0 bridgehead atoms. The van der Waals surface area contributed by atoms with Gasteiger partial charge in [-0.15, -0.1) is 0 Å². The maximum atomic E-state index is 11.7. The number of nitrogens with one attached hydrogen (secondary N) is 1. The molecule has 1 aromatic carbocycles. The minimum atomic E-state index is 0.100. The van der Waals surface area contributed by atoms with Crippen molar-refractivity contribution in [1.29, 1.82) is 0 Å². The predicted octanol–water partition coefficient (Wildman–Crippen LogP) is 2.65. The summed E-state index contributed by atoms with van der Waals surface area (Å²) in [6, 6.07) is 9.28. The molecular weight excluding hydrogens is 174 g/mol. The van der Waals surface area contributed by atoms with Crippen molar-refractivity contribution >= 4 is 10.9 Å². The van der Waals surface area contributed by atoms with Gasteiger partial charge in [0.2, 0.25) is 0 Å². The van der Waals surface area contributed by atoms with E-state index in [1.807, 2.05) is 24.3 Å². The van der Waals surface area contributed by atoms with E-state index in [0.29, 0.717) is 5.92 Å². The standard InChI is InChI=1S/C12H13NO/c1-8(2)11-7-12(14)9-5-3-4-6-10(9)13-11/h3-8H,1-2H3,(H,13,14). The summed E-state index contributed by atoms with van der Waals surface area (Å²) in [5, 5.41) is 0.761. The highest BCUT2D eigenvalue weighted by molar-refractivity contribution is 5.78. The summed E-state index contributed by atoms with van der Waals surface area (Å²) in [5.74, 6) is 0.354. The summed E-state index contributed by atoms with van der Waals surface area (Å²) in [6.45, 7) is 4.14. The quantitative estimate of drug-likeness (QED) is 0.731. The monoisotopic (exact) mass is 187 g/mol. The van der Waals surface area contributed by atoms with Crippen LogP contribution in [-0.4, -0.2) is 4.98 Å². The average molecular weight is 187 g/mol. The molecule has 72 valence electrons. The van der Waals surface area contributed by atoms with Gasteiger partial charge in [-0.1, -0.05) is 26.0 Å². The molecule has 0 spiro atoms. The van der Waals surface area contributed by atoms with E-state index in [-0.39, 0.29) is 5.43 Å². The highest BCUT2D eigenvalue weighted by Crippen LogP contribution is 2.13. The second-order valence-corrected chi connectivity index (χ2v) is 3.79. The van der Waals surface area contributed by atoms with E-state index in [0.717, 1.165) is 16.6 Å². The molecule has 0 aliphatic carbocycles. The Hall–Kier alpha value is -1.57. The van der Waals surface area contributed by atoms with E-state index in [9.17, 15) is 4.79 Å². The lowest BCUT2D eigenvalue weighted by molar-refractivity contribution is 0.828. The van der Waals surface area contributed by atoms with Crippen LogP contribution in [0.25, 0.3) is 10.9 Å². The van der Waals surface area contributed by atoms with Gasteiger partial charge in [0.25, 0.3) is 0 Å². The van der Waals surface area contributed by atoms with Crippen LogP contribution >= 0.6 is 0 Å². The van der Waals surface area contributed by atoms with Gasteiger partial charge in [0, 0.05) is 22.7 Å². The minimum absolute atomic E-state index is 0.100. The average Bonchev–Trinajstić information content (AvgIpc) is 2.17. The van der Waals surface area contributed by atoms with E-state index in [4.69, 9.17) is 0 Å². The highest BCUT2D eigenvalue weighted by Gasteiger charge is 2.03. The summed E-state index contributed by atoms with van der Waals surface area (Å²) in [7, 11) is 0. The first-order valence-corrected chi connectivity index (χ1v) is 4.80. The fourth-order valence-electron chi connectivity index (χ4n) is 1.53. The van der Waals surface area contributed by atoms with Crippen LogP contribution in [0.2, 0.25) is 0 Å². The summed E-state index contributed by atoms with van der Waals surface area (Å²) >= 11 is 0. The van der Waals surface area contributed by atoms with Crippen LogP contribution in [0.3, 0.4) is 0 Å². The third kappa shape index (κ3) is 1.43. The highest BCUT2D eigenvalue weighted by atomic mass is 16.1. The van der Waals surface area contributed by atoms with Crippen molar-refractivity contribution in [3.63, 3.8) is 0 Å². The molecule has 0 unspecified atom stereocenters. The Kier molecular flexibility index (Phi) is 2.12. The van der Waals surface area contributed by atoms with Gasteiger partial charge in [-0.3, -0.25) is 4.79 Å². The Morgan fingerprint density at radius 2 is 1.93 bits per heavy atom. The summed E-state index contributed by atoms with van der Waals surface area (Å²) in [4.78, 5) is 15.0. The van der Waals surface area contributed by atoms with Gasteiger partial charge in [0.15, 0.2) is 5.43 Å². The number of benzene rings is 1. The topological polar surface area (TPSA) is 32.9 Å². The van der Waals surface area contributed by atoms with Gasteiger partial charge in [0.1, 0.15) is 0 Å². The molecule has 1 aromatic heterocycles. The number of H-pyrrole nitrogens is 1. The van der Waals surface area contributed by atoms with Crippen LogP contribution in [0.15, 0.2) is 35.1 Å². The van der Waals surface area contributed by atoms with Gasteiger partial charge < -0.3 is 4.98 Å². The van der Waals surface area contributed by atoms with Crippen LogP contribution in [0.4, 0.5) is 0 Å². The van der Waals surface area contributed by atoms with Crippen molar-refractivity contribution in [3.8, 4) is 0 Å². The van der Waals surface area contributed by atoms with Crippen molar-refractivity contribution < 1.29 is 0 Å². The first-order chi connectivity index (χ1) is 6.68. The fraction of sp³-hybridized carbons (Fsp3) is 0.250. The largest absolute Gasteiger partial charge is 0.358 e. The van der Waals surface area contributed by atoms with Crippen LogP contribution in [0.5, 0.6) is 0 Å². The predicted molar refractivity (Wildman–Crippen MR) is 58.7 cm³/mol. The molecule has 1 N–H and O–H groups in total. The van der Waals surface area contributed by atoms with Crippen LogP contribution < -0.4 is 5.43 Å². The molecule has 0 saturated carbocycles. The number of hydrogen-bond acceptors (Lipinski definition) is 1. The van der Waals surface area contributed by atoms with Crippen LogP contribution in [0.1, 0.15) is 25.5 Å². The number of aromatic amines is 1. The molecule has 0 aliphatic rings. The third-order valence-electron chi connectivity index (χ3n) is 2.38. The molecule has 0 atom stereocenters.